The molecule has 1 fully saturated rings. The van der Waals surface area contributed by atoms with Crippen LogP contribution in [-0.2, 0) is 6.54 Å². The van der Waals surface area contributed by atoms with Crippen molar-refractivity contribution in [2.75, 3.05) is 0 Å². The molecule has 0 bridgehead atoms. The molecule has 4 rings (SSSR count). The standard InChI is InChI=1S/C13H12N6O3/c20-11(9-5-15-13-16-6-17-19(13)12(9)21)14-4-8-3-10(22-18-8)7-1-2-7/h3,5-7H,1-2,4H2,(H,14,20)(H,15,16,17). The molecule has 3 heterocycles. The third-order valence-corrected chi connectivity index (χ3v) is 3.54. The summed E-state index contributed by atoms with van der Waals surface area (Å²) in [7, 11) is 0. The maximum absolute atomic E-state index is 12.1. The number of carbonyl (C=O) groups excluding carboxylic acids is 1. The van der Waals surface area contributed by atoms with E-state index in [1.807, 2.05) is 6.07 Å². The maximum Gasteiger partial charge on any atom is 0.286 e. The van der Waals surface area contributed by atoms with Gasteiger partial charge in [-0.1, -0.05) is 5.16 Å². The van der Waals surface area contributed by atoms with Crippen LogP contribution in [0.25, 0.3) is 5.78 Å². The Morgan fingerprint density at radius 3 is 3.14 bits per heavy atom. The number of hydrogen-bond donors (Lipinski definition) is 2. The second kappa shape index (κ2) is 4.79. The van der Waals surface area contributed by atoms with Gasteiger partial charge in [-0.15, -0.1) is 0 Å². The molecular weight excluding hydrogens is 288 g/mol. The Hall–Kier alpha value is -2.97. The van der Waals surface area contributed by atoms with Crippen LogP contribution in [0.1, 0.15) is 40.6 Å². The summed E-state index contributed by atoms with van der Waals surface area (Å²) >= 11 is 0. The van der Waals surface area contributed by atoms with Crippen molar-refractivity contribution in [2.45, 2.75) is 25.3 Å². The number of fused-ring (bicyclic) bond motifs is 1. The molecule has 9 nitrogen and oxygen atoms in total. The molecule has 3 aromatic rings. The zero-order valence-corrected chi connectivity index (χ0v) is 11.4. The Bertz CT molecular complexity index is 904. The first-order chi connectivity index (χ1) is 10.7. The topological polar surface area (TPSA) is 118 Å². The summed E-state index contributed by atoms with van der Waals surface area (Å²) in [6.45, 7) is 0.195. The van der Waals surface area contributed by atoms with Crippen molar-refractivity contribution in [1.82, 2.24) is 30.1 Å². The minimum atomic E-state index is -0.516. The lowest BCUT2D eigenvalue weighted by Gasteiger charge is -2.02. The summed E-state index contributed by atoms with van der Waals surface area (Å²) in [5.74, 6) is 1.02. The molecule has 9 heteroatoms. The molecule has 3 aromatic heterocycles. The number of H-pyrrole nitrogens is 1. The molecule has 0 radical (unpaired) electrons. The molecule has 2 N–H and O–H groups in total. The first kappa shape index (κ1) is 12.7. The van der Waals surface area contributed by atoms with Crippen molar-refractivity contribution in [3.63, 3.8) is 0 Å². The van der Waals surface area contributed by atoms with Crippen LogP contribution in [0.3, 0.4) is 0 Å². The number of hydrogen-bond acceptors (Lipinski definition) is 6. The smallest absolute Gasteiger partial charge is 0.286 e. The number of nitrogens with one attached hydrogen (secondary N) is 2. The lowest BCUT2D eigenvalue weighted by molar-refractivity contribution is 0.0948. The first-order valence-corrected chi connectivity index (χ1v) is 6.87. The van der Waals surface area contributed by atoms with Gasteiger partial charge in [0.25, 0.3) is 17.2 Å². The molecule has 0 unspecified atom stereocenters. The normalized spacial score (nSPS) is 14.4. The summed E-state index contributed by atoms with van der Waals surface area (Å²) in [5, 5.41) is 9.14. The molecule has 0 spiro atoms. The predicted molar refractivity (Wildman–Crippen MR) is 73.3 cm³/mol. The van der Waals surface area contributed by atoms with Gasteiger partial charge in [-0.25, -0.2) is 9.97 Å². The molecule has 22 heavy (non-hydrogen) atoms. The quantitative estimate of drug-likeness (QED) is 0.711. The van der Waals surface area contributed by atoms with E-state index in [-0.39, 0.29) is 17.9 Å². The third-order valence-electron chi connectivity index (χ3n) is 3.54. The van der Waals surface area contributed by atoms with Gasteiger partial charge in [0.1, 0.15) is 23.3 Å². The zero-order chi connectivity index (χ0) is 15.1. The van der Waals surface area contributed by atoms with E-state index in [9.17, 15) is 9.59 Å². The summed E-state index contributed by atoms with van der Waals surface area (Å²) < 4.78 is 6.31. The van der Waals surface area contributed by atoms with Crippen molar-refractivity contribution < 1.29 is 9.32 Å². The third kappa shape index (κ3) is 2.16. The minimum Gasteiger partial charge on any atom is -0.361 e. The van der Waals surface area contributed by atoms with Gasteiger partial charge in [-0.05, 0) is 12.8 Å². The van der Waals surface area contributed by atoms with Crippen molar-refractivity contribution in [2.24, 2.45) is 0 Å². The summed E-state index contributed by atoms with van der Waals surface area (Å²) in [6.07, 6.45) is 4.79. The fourth-order valence-electron chi connectivity index (χ4n) is 2.19. The largest absolute Gasteiger partial charge is 0.361 e. The highest BCUT2D eigenvalue weighted by atomic mass is 16.5. The van der Waals surface area contributed by atoms with Crippen LogP contribution >= 0.6 is 0 Å². The summed E-state index contributed by atoms with van der Waals surface area (Å²) in [4.78, 5) is 32.0. The maximum atomic E-state index is 12.1. The van der Waals surface area contributed by atoms with E-state index in [1.54, 1.807) is 0 Å². The van der Waals surface area contributed by atoms with Crippen molar-refractivity contribution in [3.05, 3.63) is 46.0 Å². The molecule has 0 saturated heterocycles. The SMILES string of the molecule is O=C(NCc1cc(C2CC2)on1)c1cnc2nc[nH]n2c1=O. The van der Waals surface area contributed by atoms with Crippen LogP contribution in [0.5, 0.6) is 0 Å². The van der Waals surface area contributed by atoms with Crippen LogP contribution in [0.4, 0.5) is 0 Å². The number of rotatable bonds is 4. The van der Waals surface area contributed by atoms with Gasteiger partial charge in [0.15, 0.2) is 0 Å². The second-order valence-corrected chi connectivity index (χ2v) is 5.18. The van der Waals surface area contributed by atoms with Gasteiger partial charge in [0.2, 0.25) is 0 Å². The average molecular weight is 300 g/mol. The number of nitrogens with zero attached hydrogens (tertiary/aromatic N) is 4. The van der Waals surface area contributed by atoms with Gasteiger partial charge < -0.3 is 9.84 Å². The average Bonchev–Trinajstić information content (AvgIpc) is 3.07. The summed E-state index contributed by atoms with van der Waals surface area (Å²) in [5.41, 5.74) is 0.0670. The molecule has 1 saturated carbocycles. The Balaban J connectivity index is 1.50. The van der Waals surface area contributed by atoms with Gasteiger partial charge in [0.05, 0.1) is 6.54 Å². The molecule has 0 aromatic carbocycles. The van der Waals surface area contributed by atoms with Gasteiger partial charge >= 0.3 is 0 Å². The molecule has 0 aliphatic heterocycles. The van der Waals surface area contributed by atoms with E-state index in [1.165, 1.54) is 12.5 Å². The van der Waals surface area contributed by atoms with Crippen LogP contribution in [0.2, 0.25) is 0 Å². The van der Waals surface area contributed by atoms with E-state index in [2.05, 4.69) is 25.5 Å². The first-order valence-electron chi connectivity index (χ1n) is 6.87. The second-order valence-electron chi connectivity index (χ2n) is 5.18. The highest BCUT2D eigenvalue weighted by Crippen LogP contribution is 2.40. The van der Waals surface area contributed by atoms with Crippen molar-refractivity contribution in [1.29, 1.82) is 0 Å². The Morgan fingerprint density at radius 2 is 2.32 bits per heavy atom. The monoisotopic (exact) mass is 300 g/mol. The summed E-state index contributed by atoms with van der Waals surface area (Å²) in [6, 6.07) is 1.83. The molecule has 1 amide bonds. The number of aromatic amines is 1. The molecule has 1 aliphatic rings. The van der Waals surface area contributed by atoms with Crippen LogP contribution < -0.4 is 10.9 Å². The van der Waals surface area contributed by atoms with E-state index >= 15 is 0 Å². The number of amides is 1. The van der Waals surface area contributed by atoms with E-state index in [4.69, 9.17) is 4.52 Å². The molecule has 112 valence electrons. The number of carbonyl (C=O) groups is 1. The Kier molecular flexibility index (Phi) is 2.78. The highest BCUT2D eigenvalue weighted by molar-refractivity contribution is 5.93. The predicted octanol–water partition coefficient (Wildman–Crippen LogP) is 0.213. The Morgan fingerprint density at radius 1 is 1.45 bits per heavy atom. The van der Waals surface area contributed by atoms with Crippen molar-refractivity contribution in [3.8, 4) is 0 Å². The van der Waals surface area contributed by atoms with Gasteiger partial charge in [-0.2, -0.15) is 4.52 Å². The van der Waals surface area contributed by atoms with Gasteiger partial charge in [0, 0.05) is 18.2 Å². The zero-order valence-electron chi connectivity index (χ0n) is 11.4. The fraction of sp³-hybridized carbons (Fsp3) is 0.308. The van der Waals surface area contributed by atoms with E-state index < -0.39 is 11.5 Å². The highest BCUT2D eigenvalue weighted by Gasteiger charge is 2.27. The lowest BCUT2D eigenvalue weighted by atomic mass is 10.2. The van der Waals surface area contributed by atoms with Crippen molar-refractivity contribution >= 4 is 11.7 Å². The van der Waals surface area contributed by atoms with Crippen LogP contribution in [-0.4, -0.2) is 30.6 Å². The van der Waals surface area contributed by atoms with E-state index in [0.717, 1.165) is 23.1 Å². The van der Waals surface area contributed by atoms with Crippen LogP contribution in [0, 0.1) is 0 Å². The van der Waals surface area contributed by atoms with Crippen LogP contribution in [0.15, 0.2) is 27.9 Å². The van der Waals surface area contributed by atoms with E-state index in [0.29, 0.717) is 11.6 Å². The molecule has 0 atom stereocenters. The minimum absolute atomic E-state index is 0.0624. The molecular formula is C13H12N6O3. The fourth-order valence-corrected chi connectivity index (χ4v) is 2.19. The van der Waals surface area contributed by atoms with Gasteiger partial charge in [-0.3, -0.25) is 14.7 Å². The molecule has 1 aliphatic carbocycles. The number of aromatic nitrogens is 5. The lowest BCUT2D eigenvalue weighted by Crippen LogP contribution is -2.31. The Labute approximate surface area is 123 Å².